The lowest BCUT2D eigenvalue weighted by atomic mass is 10.1. The summed E-state index contributed by atoms with van der Waals surface area (Å²) in [6.45, 7) is 7.02. The maximum Gasteiger partial charge on any atom is 0.262 e. The lowest BCUT2D eigenvalue weighted by molar-refractivity contribution is -0.117. The van der Waals surface area contributed by atoms with Crippen LogP contribution >= 0.6 is 0 Å². The van der Waals surface area contributed by atoms with E-state index < -0.39 is 5.91 Å². The minimum atomic E-state index is -0.457. The molecule has 108 valence electrons. The third kappa shape index (κ3) is 3.72. The van der Waals surface area contributed by atoms with Crippen molar-refractivity contribution in [1.82, 2.24) is 9.88 Å². The van der Waals surface area contributed by atoms with Gasteiger partial charge in [-0.25, -0.2) is 0 Å². The average Bonchev–Trinajstić information content (AvgIpc) is 2.70. The number of hydrogen-bond donors (Lipinski definition) is 2. The summed E-state index contributed by atoms with van der Waals surface area (Å²) in [4.78, 5) is 11.7. The maximum absolute atomic E-state index is 11.7. The van der Waals surface area contributed by atoms with E-state index in [1.165, 1.54) is 0 Å². The molecular weight excluding hydrogens is 254 g/mol. The molecule has 0 aliphatic rings. The minimum Gasteiger partial charge on any atom is -0.395 e. The van der Waals surface area contributed by atoms with E-state index in [0.29, 0.717) is 0 Å². The molecule has 1 aromatic heterocycles. The van der Waals surface area contributed by atoms with Crippen molar-refractivity contribution in [3.05, 3.63) is 28.6 Å². The highest BCUT2D eigenvalue weighted by atomic mass is 16.3. The van der Waals surface area contributed by atoms with Crippen LogP contribution in [0.3, 0.4) is 0 Å². The van der Waals surface area contributed by atoms with Gasteiger partial charge in [-0.3, -0.25) is 4.79 Å². The van der Waals surface area contributed by atoms with Crippen molar-refractivity contribution in [3.8, 4) is 6.07 Å². The van der Waals surface area contributed by atoms with Gasteiger partial charge in [0.15, 0.2) is 0 Å². The van der Waals surface area contributed by atoms with Gasteiger partial charge in [-0.05, 0) is 38.0 Å². The van der Waals surface area contributed by atoms with Crippen LogP contribution in [0.2, 0.25) is 0 Å². The van der Waals surface area contributed by atoms with Crippen molar-refractivity contribution in [2.24, 2.45) is 0 Å². The maximum atomic E-state index is 11.7. The first-order valence-corrected chi connectivity index (χ1v) is 6.72. The zero-order valence-corrected chi connectivity index (χ0v) is 12.2. The molecule has 1 aromatic rings. The Morgan fingerprint density at radius 2 is 2.25 bits per heavy atom. The number of aryl methyl sites for hydroxylation is 1. The van der Waals surface area contributed by atoms with Gasteiger partial charge in [-0.15, -0.1) is 0 Å². The number of aromatic nitrogens is 1. The molecule has 0 aliphatic carbocycles. The van der Waals surface area contributed by atoms with E-state index in [9.17, 15) is 4.79 Å². The van der Waals surface area contributed by atoms with Crippen LogP contribution in [0.5, 0.6) is 0 Å². The summed E-state index contributed by atoms with van der Waals surface area (Å²) >= 11 is 0. The van der Waals surface area contributed by atoms with Gasteiger partial charge in [0, 0.05) is 24.5 Å². The third-order valence-corrected chi connectivity index (χ3v) is 3.12. The van der Waals surface area contributed by atoms with Crippen LogP contribution < -0.4 is 5.32 Å². The highest BCUT2D eigenvalue weighted by Gasteiger charge is 2.12. The molecule has 0 aromatic carbocycles. The lowest BCUT2D eigenvalue weighted by Gasteiger charge is -2.07. The molecule has 20 heavy (non-hydrogen) atoms. The molecule has 1 heterocycles. The number of nitrogens with one attached hydrogen (secondary N) is 1. The zero-order valence-electron chi connectivity index (χ0n) is 12.2. The number of nitriles is 1. The number of nitrogens with zero attached hydrogens (tertiary/aromatic N) is 2. The summed E-state index contributed by atoms with van der Waals surface area (Å²) in [5.74, 6) is -0.457. The highest BCUT2D eigenvalue weighted by molar-refractivity contribution is 6.01. The van der Waals surface area contributed by atoms with E-state index in [2.05, 4.69) is 16.8 Å². The number of rotatable bonds is 6. The predicted molar refractivity (Wildman–Crippen MR) is 77.9 cm³/mol. The standard InChI is InChI=1S/C15H21N3O2/c1-4-6-18-11(2)8-13(12(18)3)9-14(10-16)15(20)17-5-7-19/h8-9,19H,4-7H2,1-3H3,(H,17,20)/b14-9-. The van der Waals surface area contributed by atoms with Crippen LogP contribution in [0, 0.1) is 25.2 Å². The molecule has 0 bridgehead atoms. The molecule has 0 fully saturated rings. The van der Waals surface area contributed by atoms with E-state index in [0.717, 1.165) is 29.9 Å². The summed E-state index contributed by atoms with van der Waals surface area (Å²) in [7, 11) is 0. The molecule has 0 aliphatic heterocycles. The second kappa shape index (κ2) is 7.51. The fourth-order valence-electron chi connectivity index (χ4n) is 2.11. The molecule has 1 amide bonds. The van der Waals surface area contributed by atoms with Gasteiger partial charge in [0.25, 0.3) is 5.91 Å². The quantitative estimate of drug-likeness (QED) is 0.610. The van der Waals surface area contributed by atoms with E-state index in [4.69, 9.17) is 10.4 Å². The SMILES string of the molecule is CCCn1c(C)cc(/C=C(/C#N)C(=O)NCCO)c1C. The Hall–Kier alpha value is -2.06. The van der Waals surface area contributed by atoms with E-state index >= 15 is 0 Å². The van der Waals surface area contributed by atoms with Crippen LogP contribution in [0.15, 0.2) is 11.6 Å². The Morgan fingerprint density at radius 1 is 1.55 bits per heavy atom. The first-order chi connectivity index (χ1) is 9.54. The monoisotopic (exact) mass is 275 g/mol. The third-order valence-electron chi connectivity index (χ3n) is 3.12. The van der Waals surface area contributed by atoms with Crippen molar-refractivity contribution in [1.29, 1.82) is 5.26 Å². The fraction of sp³-hybridized carbons (Fsp3) is 0.467. The van der Waals surface area contributed by atoms with Crippen LogP contribution in [0.1, 0.15) is 30.3 Å². The number of aliphatic hydroxyl groups excluding tert-OH is 1. The average molecular weight is 275 g/mol. The normalized spacial score (nSPS) is 11.2. The molecule has 0 spiro atoms. The van der Waals surface area contributed by atoms with Gasteiger partial charge >= 0.3 is 0 Å². The molecule has 5 nitrogen and oxygen atoms in total. The summed E-state index contributed by atoms with van der Waals surface area (Å²) in [6, 6.07) is 3.88. The van der Waals surface area contributed by atoms with Gasteiger partial charge < -0.3 is 15.0 Å². The molecule has 0 atom stereocenters. The van der Waals surface area contributed by atoms with Crippen LogP contribution in [-0.2, 0) is 11.3 Å². The molecule has 0 saturated heterocycles. The Balaban J connectivity index is 3.05. The molecule has 2 N–H and O–H groups in total. The van der Waals surface area contributed by atoms with Crippen molar-refractivity contribution < 1.29 is 9.90 Å². The second-order valence-corrected chi connectivity index (χ2v) is 4.63. The molecule has 5 heteroatoms. The minimum absolute atomic E-state index is 0.0511. The smallest absolute Gasteiger partial charge is 0.262 e. The van der Waals surface area contributed by atoms with Crippen LogP contribution in [-0.4, -0.2) is 28.7 Å². The summed E-state index contributed by atoms with van der Waals surface area (Å²) in [5, 5.41) is 20.2. The number of hydrogen-bond acceptors (Lipinski definition) is 3. The molecular formula is C15H21N3O2. The Bertz CT molecular complexity index is 550. The van der Waals surface area contributed by atoms with Crippen LogP contribution in [0.25, 0.3) is 6.08 Å². The zero-order chi connectivity index (χ0) is 15.1. The number of amides is 1. The summed E-state index contributed by atoms with van der Waals surface area (Å²) in [5.41, 5.74) is 3.09. The predicted octanol–water partition coefficient (Wildman–Crippen LogP) is 1.53. The molecule has 0 radical (unpaired) electrons. The van der Waals surface area contributed by atoms with E-state index in [1.807, 2.05) is 26.0 Å². The lowest BCUT2D eigenvalue weighted by Crippen LogP contribution is -2.27. The number of carbonyl (C=O) groups excluding carboxylic acids is 1. The first-order valence-electron chi connectivity index (χ1n) is 6.72. The topological polar surface area (TPSA) is 78.0 Å². The van der Waals surface area contributed by atoms with Crippen molar-refractivity contribution in [3.63, 3.8) is 0 Å². The van der Waals surface area contributed by atoms with Crippen molar-refractivity contribution >= 4 is 12.0 Å². The molecule has 0 unspecified atom stereocenters. The molecule has 0 saturated carbocycles. The largest absolute Gasteiger partial charge is 0.395 e. The summed E-state index contributed by atoms with van der Waals surface area (Å²) < 4.78 is 2.17. The van der Waals surface area contributed by atoms with E-state index in [1.54, 1.807) is 6.08 Å². The van der Waals surface area contributed by atoms with E-state index in [-0.39, 0.29) is 18.7 Å². The van der Waals surface area contributed by atoms with Gasteiger partial charge in [-0.2, -0.15) is 5.26 Å². The highest BCUT2D eigenvalue weighted by Crippen LogP contribution is 2.18. The Kier molecular flexibility index (Phi) is 6.01. The van der Waals surface area contributed by atoms with Gasteiger partial charge in [0.2, 0.25) is 0 Å². The Labute approximate surface area is 119 Å². The first kappa shape index (κ1) is 16.0. The fourth-order valence-corrected chi connectivity index (χ4v) is 2.11. The number of aliphatic hydroxyl groups is 1. The van der Waals surface area contributed by atoms with Gasteiger partial charge in [-0.1, -0.05) is 6.92 Å². The second-order valence-electron chi connectivity index (χ2n) is 4.63. The molecule has 1 rings (SSSR count). The van der Waals surface area contributed by atoms with Crippen molar-refractivity contribution in [2.45, 2.75) is 33.7 Å². The number of carbonyl (C=O) groups is 1. The van der Waals surface area contributed by atoms with Crippen LogP contribution in [0.4, 0.5) is 0 Å². The summed E-state index contributed by atoms with van der Waals surface area (Å²) in [6.07, 6.45) is 2.63. The Morgan fingerprint density at radius 3 is 2.80 bits per heavy atom. The van der Waals surface area contributed by atoms with Gasteiger partial charge in [0.1, 0.15) is 11.6 Å². The van der Waals surface area contributed by atoms with Crippen molar-refractivity contribution in [2.75, 3.05) is 13.2 Å². The van der Waals surface area contributed by atoms with Gasteiger partial charge in [0.05, 0.1) is 6.61 Å².